The first-order valence-electron chi connectivity index (χ1n) is 11.1. The van der Waals surface area contributed by atoms with Crippen molar-refractivity contribution in [1.29, 1.82) is 5.26 Å². The van der Waals surface area contributed by atoms with Gasteiger partial charge in [0.25, 0.3) is 0 Å². The molecule has 1 rings (SSSR count). The molecule has 1 heterocycles. The summed E-state index contributed by atoms with van der Waals surface area (Å²) in [6, 6.07) is 2.15. The molecule has 1 unspecified atom stereocenters. The molecule has 6 heteroatoms. The Morgan fingerprint density at radius 3 is 2.16 bits per heavy atom. The molecule has 1 aliphatic heterocycles. The van der Waals surface area contributed by atoms with Gasteiger partial charge in [0.1, 0.15) is 5.60 Å². The van der Waals surface area contributed by atoms with E-state index in [1.54, 1.807) is 17.9 Å². The number of rotatable bonds is 6. The Kier molecular flexibility index (Phi) is 12.6. The molecule has 0 aromatic rings. The van der Waals surface area contributed by atoms with Crippen molar-refractivity contribution in [3.05, 3.63) is 36.5 Å². The van der Waals surface area contributed by atoms with Gasteiger partial charge in [-0.05, 0) is 53.0 Å². The van der Waals surface area contributed by atoms with Crippen LogP contribution in [0, 0.1) is 22.7 Å². The van der Waals surface area contributed by atoms with Crippen molar-refractivity contribution < 1.29 is 19.1 Å². The van der Waals surface area contributed by atoms with Gasteiger partial charge in [-0.15, -0.1) is 0 Å². The first-order valence-corrected chi connectivity index (χ1v) is 11.1. The van der Waals surface area contributed by atoms with Crippen molar-refractivity contribution in [1.82, 2.24) is 4.90 Å². The molecule has 1 amide bonds. The molecule has 0 saturated carbocycles. The summed E-state index contributed by atoms with van der Waals surface area (Å²) in [5.74, 6) is -1.51. The molecular formula is C25H40N2O4. The predicted molar refractivity (Wildman–Crippen MR) is 124 cm³/mol. The van der Waals surface area contributed by atoms with Crippen LogP contribution in [-0.2, 0) is 14.3 Å². The Balaban J connectivity index is 0.00000282. The van der Waals surface area contributed by atoms with Crippen LogP contribution in [0.4, 0.5) is 4.79 Å². The van der Waals surface area contributed by atoms with Crippen molar-refractivity contribution in [2.24, 2.45) is 11.3 Å². The third-order valence-corrected chi connectivity index (χ3v) is 4.77. The number of carbonyl (C=O) groups is 2. The quantitative estimate of drug-likeness (QED) is 0.391. The van der Waals surface area contributed by atoms with Crippen LogP contribution in [0.15, 0.2) is 36.5 Å². The minimum absolute atomic E-state index is 0.207. The lowest BCUT2D eigenvalue weighted by Crippen LogP contribution is -2.49. The number of esters is 1. The summed E-state index contributed by atoms with van der Waals surface area (Å²) in [5, 5.41) is 9.80. The van der Waals surface area contributed by atoms with E-state index in [9.17, 15) is 14.9 Å². The highest BCUT2D eigenvalue weighted by molar-refractivity contribution is 5.77. The summed E-state index contributed by atoms with van der Waals surface area (Å²) in [4.78, 5) is 26.6. The summed E-state index contributed by atoms with van der Waals surface area (Å²) in [6.45, 7) is 18.2. The molecule has 0 aromatic heterocycles. The second kappa shape index (κ2) is 13.7. The molecule has 0 aliphatic carbocycles. The van der Waals surface area contributed by atoms with E-state index in [1.807, 2.05) is 45.9 Å². The summed E-state index contributed by atoms with van der Waals surface area (Å²) in [7, 11) is 0. The highest BCUT2D eigenvalue weighted by Crippen LogP contribution is 2.46. The van der Waals surface area contributed by atoms with Gasteiger partial charge in [0.2, 0.25) is 0 Å². The number of hydrogen-bond donors (Lipinski definition) is 0. The summed E-state index contributed by atoms with van der Waals surface area (Å²) in [5.41, 5.74) is -0.543. The lowest BCUT2D eigenvalue weighted by molar-refractivity contribution is -0.150. The highest BCUT2D eigenvalue weighted by Gasteiger charge is 2.48. The fraction of sp³-hybridized carbons (Fsp3) is 0.640. The molecule has 1 fully saturated rings. The second-order valence-corrected chi connectivity index (χ2v) is 8.50. The average molecular weight is 433 g/mol. The van der Waals surface area contributed by atoms with Gasteiger partial charge >= 0.3 is 12.1 Å². The van der Waals surface area contributed by atoms with Crippen molar-refractivity contribution in [2.75, 3.05) is 19.7 Å². The lowest BCUT2D eigenvalue weighted by Gasteiger charge is -2.44. The molecule has 0 radical (unpaired) electrons. The fourth-order valence-corrected chi connectivity index (χ4v) is 3.42. The minimum Gasteiger partial charge on any atom is -0.465 e. The topological polar surface area (TPSA) is 79.6 Å². The fourth-order valence-electron chi connectivity index (χ4n) is 3.42. The standard InChI is InChI=1S/C22H32N2O4.C3H8/c1-7-10-11-17(8-2)22(18(16-23)19(25)27-9-3)12-14-24(15-13-22)20(26)28-21(4,5)6;1-3-2/h7-8,10-11,18H,2,9,12-15H2,1,3-6H3;3H2,1-2H3/b10-7-,17-11+;. The van der Waals surface area contributed by atoms with Crippen LogP contribution in [0.5, 0.6) is 0 Å². The molecule has 174 valence electrons. The van der Waals surface area contributed by atoms with Crippen LogP contribution in [0.2, 0.25) is 0 Å². The maximum Gasteiger partial charge on any atom is 0.410 e. The minimum atomic E-state index is -0.970. The van der Waals surface area contributed by atoms with Crippen molar-refractivity contribution in [2.45, 2.75) is 73.3 Å². The average Bonchev–Trinajstić information content (AvgIpc) is 2.69. The van der Waals surface area contributed by atoms with Crippen LogP contribution in [0.25, 0.3) is 0 Å². The molecule has 6 nitrogen and oxygen atoms in total. The van der Waals surface area contributed by atoms with Gasteiger partial charge in [-0.3, -0.25) is 4.79 Å². The molecule has 1 aliphatic rings. The summed E-state index contributed by atoms with van der Waals surface area (Å²) < 4.78 is 10.6. The highest BCUT2D eigenvalue weighted by atomic mass is 16.6. The molecule has 0 bridgehead atoms. The van der Waals surface area contributed by atoms with Crippen molar-refractivity contribution in [3.63, 3.8) is 0 Å². The van der Waals surface area contributed by atoms with Crippen molar-refractivity contribution >= 4 is 12.1 Å². The number of likely N-dealkylation sites (tertiary alicyclic amines) is 1. The first-order chi connectivity index (χ1) is 14.6. The monoisotopic (exact) mass is 432 g/mol. The SMILES string of the molecule is C=C/C(=C\C=C/C)C1(C(C#N)C(=O)OCC)CCN(C(=O)OC(C)(C)C)CC1.CCC. The van der Waals surface area contributed by atoms with Crippen LogP contribution >= 0.6 is 0 Å². The Morgan fingerprint density at radius 2 is 1.77 bits per heavy atom. The smallest absolute Gasteiger partial charge is 0.410 e. The van der Waals surface area contributed by atoms with Crippen LogP contribution < -0.4 is 0 Å². The molecule has 31 heavy (non-hydrogen) atoms. The number of nitrogens with zero attached hydrogens (tertiary/aromatic N) is 2. The maximum atomic E-state index is 12.5. The van der Waals surface area contributed by atoms with E-state index < -0.39 is 22.9 Å². The van der Waals surface area contributed by atoms with Crippen LogP contribution in [-0.4, -0.2) is 42.3 Å². The predicted octanol–water partition coefficient (Wildman–Crippen LogP) is 5.81. The Bertz CT molecular complexity index is 687. The Morgan fingerprint density at radius 1 is 1.23 bits per heavy atom. The number of carbonyl (C=O) groups excluding carboxylic acids is 2. The van der Waals surface area contributed by atoms with E-state index in [0.29, 0.717) is 25.9 Å². The number of amides is 1. The maximum absolute atomic E-state index is 12.5. The van der Waals surface area contributed by atoms with Gasteiger partial charge < -0.3 is 14.4 Å². The molecule has 0 aromatic carbocycles. The number of allylic oxidation sites excluding steroid dienone is 5. The third-order valence-electron chi connectivity index (χ3n) is 4.77. The third kappa shape index (κ3) is 8.61. The number of nitriles is 1. The van der Waals surface area contributed by atoms with E-state index in [2.05, 4.69) is 26.5 Å². The van der Waals surface area contributed by atoms with E-state index in [1.165, 1.54) is 6.42 Å². The van der Waals surface area contributed by atoms with Crippen LogP contribution in [0.3, 0.4) is 0 Å². The zero-order valence-electron chi connectivity index (χ0n) is 20.4. The lowest BCUT2D eigenvalue weighted by atomic mass is 9.64. The number of piperidine rings is 1. The van der Waals surface area contributed by atoms with E-state index in [-0.39, 0.29) is 12.7 Å². The zero-order valence-corrected chi connectivity index (χ0v) is 20.4. The van der Waals surface area contributed by atoms with Gasteiger partial charge in [-0.25, -0.2) is 4.79 Å². The Labute approximate surface area is 188 Å². The van der Waals surface area contributed by atoms with Crippen molar-refractivity contribution in [3.8, 4) is 6.07 Å². The summed E-state index contributed by atoms with van der Waals surface area (Å²) in [6.07, 6.45) is 9.05. The van der Waals surface area contributed by atoms with Crippen LogP contribution in [0.1, 0.15) is 67.7 Å². The van der Waals surface area contributed by atoms with Gasteiger partial charge in [0.05, 0.1) is 12.7 Å². The first kappa shape index (κ1) is 28.5. The largest absolute Gasteiger partial charge is 0.465 e. The normalized spacial score (nSPS) is 17.1. The summed E-state index contributed by atoms with van der Waals surface area (Å²) >= 11 is 0. The van der Waals surface area contributed by atoms with E-state index in [0.717, 1.165) is 5.57 Å². The second-order valence-electron chi connectivity index (χ2n) is 8.50. The molecule has 1 atom stereocenters. The molecule has 0 N–H and O–H groups in total. The van der Waals surface area contributed by atoms with E-state index in [4.69, 9.17) is 9.47 Å². The van der Waals surface area contributed by atoms with Gasteiger partial charge in [-0.2, -0.15) is 5.26 Å². The van der Waals surface area contributed by atoms with Gasteiger partial charge in [-0.1, -0.05) is 51.2 Å². The van der Waals surface area contributed by atoms with Gasteiger partial charge in [0, 0.05) is 18.5 Å². The molecule has 0 spiro atoms. The zero-order chi connectivity index (χ0) is 24.1. The van der Waals surface area contributed by atoms with Gasteiger partial charge in [0.15, 0.2) is 5.92 Å². The number of hydrogen-bond acceptors (Lipinski definition) is 5. The van der Waals surface area contributed by atoms with E-state index >= 15 is 0 Å². The Hall–Kier alpha value is -2.55. The molecule has 1 saturated heterocycles. The molecular weight excluding hydrogens is 392 g/mol. The number of ether oxygens (including phenoxy) is 2.